The second-order valence-electron chi connectivity index (χ2n) is 11.7. The van der Waals surface area contributed by atoms with E-state index in [1.807, 2.05) is 12.4 Å². The van der Waals surface area contributed by atoms with Crippen LogP contribution in [0.15, 0.2) is 60.0 Å². The molecule has 5 heteroatoms. The van der Waals surface area contributed by atoms with Crippen molar-refractivity contribution in [2.75, 3.05) is 7.05 Å². The van der Waals surface area contributed by atoms with Gasteiger partial charge in [-0.15, -0.1) is 0 Å². The van der Waals surface area contributed by atoms with E-state index in [1.54, 1.807) is 7.05 Å². The number of hydrogen-bond donors (Lipinski definition) is 1. The third-order valence-electron chi connectivity index (χ3n) is 10.2. The molecular formula is C30H34N2O3. The van der Waals surface area contributed by atoms with Crippen molar-refractivity contribution in [2.24, 2.45) is 11.3 Å². The number of alkyl carbamates (subject to hydrolysis) is 1. The first kappa shape index (κ1) is 21.6. The van der Waals surface area contributed by atoms with E-state index in [9.17, 15) is 4.79 Å². The van der Waals surface area contributed by atoms with Gasteiger partial charge in [-0.1, -0.05) is 31.2 Å². The average Bonchev–Trinajstić information content (AvgIpc) is 3.38. The SMILES string of the molecule is CNC(=O)O[C@H]1CCC2=CC3=CC[C@@]4(C)C(CC[C@@H]4c4ccc5ccncc5c4)[C@@]34CC[C@]2(C1)O4. The maximum absolute atomic E-state index is 11.9. The minimum Gasteiger partial charge on any atom is -0.446 e. The van der Waals surface area contributed by atoms with Crippen molar-refractivity contribution in [3.05, 3.63) is 65.5 Å². The zero-order valence-electron chi connectivity index (χ0n) is 20.7. The van der Waals surface area contributed by atoms with Gasteiger partial charge in [0.25, 0.3) is 0 Å². The molecule has 182 valence electrons. The van der Waals surface area contributed by atoms with Gasteiger partial charge in [-0.3, -0.25) is 4.98 Å². The smallest absolute Gasteiger partial charge is 0.407 e. The first-order valence-corrected chi connectivity index (χ1v) is 13.3. The van der Waals surface area contributed by atoms with Crippen LogP contribution in [-0.4, -0.2) is 35.4 Å². The fourth-order valence-corrected chi connectivity index (χ4v) is 8.54. The number of fused-ring (bicyclic) bond motifs is 2. The molecular weight excluding hydrogens is 436 g/mol. The fraction of sp³-hybridized carbons (Fsp3) is 0.533. The highest BCUT2D eigenvalue weighted by Crippen LogP contribution is 2.69. The van der Waals surface area contributed by atoms with Crippen molar-refractivity contribution in [1.82, 2.24) is 10.3 Å². The van der Waals surface area contributed by atoms with E-state index in [-0.39, 0.29) is 28.8 Å². The Bertz CT molecular complexity index is 1280. The number of nitrogens with one attached hydrogen (secondary N) is 1. The molecule has 2 spiro atoms. The predicted molar refractivity (Wildman–Crippen MR) is 135 cm³/mol. The molecule has 5 aliphatic rings. The van der Waals surface area contributed by atoms with Gasteiger partial charge < -0.3 is 14.8 Å². The van der Waals surface area contributed by atoms with E-state index in [4.69, 9.17) is 9.47 Å². The average molecular weight is 471 g/mol. The summed E-state index contributed by atoms with van der Waals surface area (Å²) in [6.45, 7) is 2.51. The van der Waals surface area contributed by atoms with Crippen molar-refractivity contribution < 1.29 is 14.3 Å². The molecule has 2 aliphatic heterocycles. The summed E-state index contributed by atoms with van der Waals surface area (Å²) in [5, 5.41) is 5.09. The van der Waals surface area contributed by atoms with Crippen molar-refractivity contribution in [2.45, 2.75) is 81.5 Å². The van der Waals surface area contributed by atoms with Crippen molar-refractivity contribution in [3.8, 4) is 0 Å². The Morgan fingerprint density at radius 2 is 2.09 bits per heavy atom. The minimum atomic E-state index is -0.336. The van der Waals surface area contributed by atoms with Crippen molar-refractivity contribution in [1.29, 1.82) is 0 Å². The fourth-order valence-electron chi connectivity index (χ4n) is 8.54. The van der Waals surface area contributed by atoms with Gasteiger partial charge in [-0.2, -0.15) is 0 Å². The lowest BCUT2D eigenvalue weighted by Crippen LogP contribution is -2.54. The number of hydrogen-bond acceptors (Lipinski definition) is 4. The number of benzene rings is 1. The van der Waals surface area contributed by atoms with Crippen LogP contribution in [0.1, 0.15) is 69.8 Å². The van der Waals surface area contributed by atoms with Crippen molar-refractivity contribution >= 4 is 16.9 Å². The Kier molecular flexibility index (Phi) is 4.58. The van der Waals surface area contributed by atoms with E-state index in [2.05, 4.69) is 53.6 Å². The molecule has 1 N–H and O–H groups in total. The summed E-state index contributed by atoms with van der Waals surface area (Å²) in [4.78, 5) is 16.3. The quantitative estimate of drug-likeness (QED) is 0.568. The standard InChI is InChI=1S/C30H34N2O3/c1-28-11-9-23-16-22-5-6-24(34-27(33)31-2)17-29(22)12-13-30(23,35-29)26(28)8-7-25(28)20-4-3-19-10-14-32-18-21(19)15-20/h3-4,9-10,14-16,18,24-26H,5-8,11-13,17H2,1-2H3,(H,31,33)/t24-,25+,26?,28+,29+,30+/m0/s1. The molecule has 1 amide bonds. The number of allylic oxidation sites excluding steroid dienone is 1. The number of aromatic nitrogens is 1. The zero-order valence-corrected chi connectivity index (χ0v) is 20.7. The molecule has 1 aromatic heterocycles. The van der Waals surface area contributed by atoms with Gasteiger partial charge in [0.2, 0.25) is 0 Å². The van der Waals surface area contributed by atoms with Gasteiger partial charge in [-0.25, -0.2) is 4.79 Å². The van der Waals surface area contributed by atoms with E-state index < -0.39 is 0 Å². The van der Waals surface area contributed by atoms with Crippen LogP contribution in [0.3, 0.4) is 0 Å². The number of pyridine rings is 1. The lowest BCUT2D eigenvalue weighted by atomic mass is 9.58. The molecule has 2 bridgehead atoms. The van der Waals surface area contributed by atoms with Gasteiger partial charge in [0, 0.05) is 31.2 Å². The number of amides is 1. The molecule has 7 rings (SSSR count). The number of rotatable bonds is 2. The third-order valence-corrected chi connectivity index (χ3v) is 10.2. The van der Waals surface area contributed by atoms with Gasteiger partial charge in [0.15, 0.2) is 0 Å². The molecule has 0 radical (unpaired) electrons. The highest BCUT2D eigenvalue weighted by molar-refractivity contribution is 5.82. The van der Waals surface area contributed by atoms with E-state index in [1.165, 1.54) is 40.3 Å². The molecule has 35 heavy (non-hydrogen) atoms. The van der Waals surface area contributed by atoms with Crippen LogP contribution < -0.4 is 5.32 Å². The summed E-state index contributed by atoms with van der Waals surface area (Å²) in [6, 6.07) is 9.07. The highest BCUT2D eigenvalue weighted by Gasteiger charge is 2.66. The molecule has 3 heterocycles. The van der Waals surface area contributed by atoms with Gasteiger partial charge in [0.1, 0.15) is 6.10 Å². The van der Waals surface area contributed by atoms with Gasteiger partial charge >= 0.3 is 6.09 Å². The van der Waals surface area contributed by atoms with Gasteiger partial charge in [-0.05, 0) is 96.4 Å². The van der Waals surface area contributed by atoms with E-state index in [0.29, 0.717) is 11.8 Å². The van der Waals surface area contributed by atoms with Crippen LogP contribution in [-0.2, 0) is 9.47 Å². The molecule has 3 fully saturated rings. The van der Waals surface area contributed by atoms with E-state index >= 15 is 0 Å². The third kappa shape index (κ3) is 2.97. The Hall–Kier alpha value is -2.66. The molecule has 1 saturated heterocycles. The largest absolute Gasteiger partial charge is 0.446 e. The summed E-state index contributed by atoms with van der Waals surface area (Å²) in [5.74, 6) is 1.02. The second kappa shape index (κ2) is 7.42. The first-order chi connectivity index (χ1) is 17.0. The zero-order chi connectivity index (χ0) is 23.8. The summed E-state index contributed by atoms with van der Waals surface area (Å²) in [5.41, 5.74) is 4.01. The Labute approximate surface area is 207 Å². The molecule has 2 saturated carbocycles. The van der Waals surface area contributed by atoms with Crippen LogP contribution in [0.2, 0.25) is 0 Å². The first-order valence-electron chi connectivity index (χ1n) is 13.3. The molecule has 6 atom stereocenters. The number of carbonyl (C=O) groups is 1. The molecule has 5 nitrogen and oxygen atoms in total. The van der Waals surface area contributed by atoms with Crippen LogP contribution in [0.5, 0.6) is 0 Å². The van der Waals surface area contributed by atoms with Crippen LogP contribution in [0, 0.1) is 11.3 Å². The monoisotopic (exact) mass is 470 g/mol. The Balaban J connectivity index is 1.23. The van der Waals surface area contributed by atoms with Crippen LogP contribution in [0.4, 0.5) is 4.79 Å². The Morgan fingerprint density at radius 3 is 2.97 bits per heavy atom. The number of nitrogens with zero attached hydrogens (tertiary/aromatic N) is 1. The summed E-state index contributed by atoms with van der Waals surface area (Å²) >= 11 is 0. The Morgan fingerprint density at radius 1 is 1.17 bits per heavy atom. The lowest BCUT2D eigenvalue weighted by Gasteiger charge is -2.54. The van der Waals surface area contributed by atoms with Gasteiger partial charge in [0.05, 0.1) is 11.2 Å². The van der Waals surface area contributed by atoms with Crippen molar-refractivity contribution in [3.63, 3.8) is 0 Å². The van der Waals surface area contributed by atoms with Crippen LogP contribution >= 0.6 is 0 Å². The molecule has 1 unspecified atom stereocenters. The van der Waals surface area contributed by atoms with E-state index in [0.717, 1.165) is 38.5 Å². The molecule has 2 aromatic rings. The topological polar surface area (TPSA) is 60.5 Å². The molecule has 3 aliphatic carbocycles. The minimum absolute atomic E-state index is 0.0784. The second-order valence-corrected chi connectivity index (χ2v) is 11.7. The lowest BCUT2D eigenvalue weighted by molar-refractivity contribution is -0.144. The highest BCUT2D eigenvalue weighted by atomic mass is 16.6. The summed E-state index contributed by atoms with van der Waals surface area (Å²) in [6.07, 6.45) is 16.7. The maximum Gasteiger partial charge on any atom is 0.407 e. The summed E-state index contributed by atoms with van der Waals surface area (Å²) in [7, 11) is 1.62. The summed E-state index contributed by atoms with van der Waals surface area (Å²) < 4.78 is 13.0. The normalized spacial score (nSPS) is 39.2. The number of carbonyl (C=O) groups excluding carboxylic acids is 1. The maximum atomic E-state index is 11.9. The predicted octanol–water partition coefficient (Wildman–Crippen LogP) is 6.20. The number of ether oxygens (including phenoxy) is 2. The molecule has 1 aromatic carbocycles. The van der Waals surface area contributed by atoms with Crippen LogP contribution in [0.25, 0.3) is 10.8 Å².